The van der Waals surface area contributed by atoms with E-state index >= 15 is 0 Å². The Kier molecular flexibility index (Phi) is 5.47. The number of hydrogen-bond acceptors (Lipinski definition) is 1. The van der Waals surface area contributed by atoms with Crippen molar-refractivity contribution in [2.45, 2.75) is 38.6 Å². The molecule has 2 aromatic rings. The molecule has 0 bridgehead atoms. The van der Waals surface area contributed by atoms with E-state index in [0.717, 1.165) is 31.4 Å². The van der Waals surface area contributed by atoms with E-state index in [9.17, 15) is 4.79 Å². The zero-order chi connectivity index (χ0) is 17.1. The van der Waals surface area contributed by atoms with Crippen molar-refractivity contribution in [3.8, 4) is 0 Å². The standard InChI is InChI=1S/C20H21Cl2NO/c1-14-4-2-5-15(12-14)7-10-20(24)23-11-3-6-19(23)16-8-9-17(21)18(22)13-16/h2,4-5,8-9,12-13,19H,3,6-7,10-11H2,1H3. The van der Waals surface area contributed by atoms with Crippen LogP contribution in [0.3, 0.4) is 0 Å². The van der Waals surface area contributed by atoms with Crippen LogP contribution >= 0.6 is 23.2 Å². The molecule has 1 unspecified atom stereocenters. The number of carbonyl (C=O) groups is 1. The number of likely N-dealkylation sites (tertiary alicyclic amines) is 1. The third kappa shape index (κ3) is 3.93. The van der Waals surface area contributed by atoms with Crippen LogP contribution in [0.25, 0.3) is 0 Å². The van der Waals surface area contributed by atoms with Gasteiger partial charge in [-0.2, -0.15) is 0 Å². The minimum Gasteiger partial charge on any atom is -0.336 e. The van der Waals surface area contributed by atoms with E-state index in [0.29, 0.717) is 16.5 Å². The molecule has 1 saturated heterocycles. The molecule has 4 heteroatoms. The molecule has 1 fully saturated rings. The number of benzene rings is 2. The molecule has 0 spiro atoms. The summed E-state index contributed by atoms with van der Waals surface area (Å²) in [5, 5.41) is 1.10. The predicted octanol–water partition coefficient (Wildman–Crippen LogP) is 5.60. The monoisotopic (exact) mass is 361 g/mol. The molecule has 1 aliphatic rings. The largest absolute Gasteiger partial charge is 0.336 e. The van der Waals surface area contributed by atoms with Crippen LogP contribution in [0.2, 0.25) is 10.0 Å². The normalized spacial score (nSPS) is 17.3. The molecule has 0 aliphatic carbocycles. The molecular weight excluding hydrogens is 341 g/mol. The minimum atomic E-state index is 0.116. The summed E-state index contributed by atoms with van der Waals surface area (Å²) >= 11 is 12.1. The van der Waals surface area contributed by atoms with Crippen LogP contribution < -0.4 is 0 Å². The van der Waals surface area contributed by atoms with Gasteiger partial charge in [-0.1, -0.05) is 59.1 Å². The van der Waals surface area contributed by atoms with Crippen LogP contribution in [0.5, 0.6) is 0 Å². The number of nitrogens with zero attached hydrogens (tertiary/aromatic N) is 1. The van der Waals surface area contributed by atoms with Crippen LogP contribution in [0.4, 0.5) is 0 Å². The van der Waals surface area contributed by atoms with E-state index in [1.807, 2.05) is 29.2 Å². The Morgan fingerprint density at radius 3 is 2.75 bits per heavy atom. The number of amides is 1. The lowest BCUT2D eigenvalue weighted by Gasteiger charge is -2.25. The predicted molar refractivity (Wildman–Crippen MR) is 99.7 cm³/mol. The smallest absolute Gasteiger partial charge is 0.223 e. The summed E-state index contributed by atoms with van der Waals surface area (Å²) in [5.74, 6) is 0.213. The van der Waals surface area contributed by atoms with Crippen LogP contribution in [-0.4, -0.2) is 17.4 Å². The summed E-state index contributed by atoms with van der Waals surface area (Å²) in [6.45, 7) is 2.89. The molecule has 126 valence electrons. The van der Waals surface area contributed by atoms with Gasteiger partial charge < -0.3 is 4.90 Å². The van der Waals surface area contributed by atoms with E-state index in [-0.39, 0.29) is 11.9 Å². The second-order valence-electron chi connectivity index (χ2n) is 6.41. The molecule has 1 atom stereocenters. The van der Waals surface area contributed by atoms with Gasteiger partial charge in [0.1, 0.15) is 0 Å². The maximum Gasteiger partial charge on any atom is 0.223 e. The van der Waals surface area contributed by atoms with Gasteiger partial charge in [0.2, 0.25) is 5.91 Å². The summed E-state index contributed by atoms with van der Waals surface area (Å²) in [6.07, 6.45) is 3.33. The van der Waals surface area contributed by atoms with Gasteiger partial charge >= 0.3 is 0 Å². The van der Waals surface area contributed by atoms with Crippen molar-refractivity contribution in [3.05, 3.63) is 69.2 Å². The summed E-state index contributed by atoms with van der Waals surface area (Å²) < 4.78 is 0. The highest BCUT2D eigenvalue weighted by Crippen LogP contribution is 2.35. The Morgan fingerprint density at radius 2 is 2.00 bits per heavy atom. The number of aryl methyl sites for hydroxylation is 2. The molecule has 0 radical (unpaired) electrons. The van der Waals surface area contributed by atoms with Crippen molar-refractivity contribution in [1.29, 1.82) is 0 Å². The molecule has 1 aliphatic heterocycles. The van der Waals surface area contributed by atoms with E-state index in [1.165, 1.54) is 11.1 Å². The van der Waals surface area contributed by atoms with Gasteiger partial charge in [0.05, 0.1) is 16.1 Å². The Hall–Kier alpha value is -1.51. The van der Waals surface area contributed by atoms with Crippen LogP contribution in [0.15, 0.2) is 42.5 Å². The van der Waals surface area contributed by atoms with Crippen molar-refractivity contribution >= 4 is 29.1 Å². The number of carbonyl (C=O) groups excluding carboxylic acids is 1. The highest BCUT2D eigenvalue weighted by Gasteiger charge is 2.29. The quantitative estimate of drug-likeness (QED) is 0.693. The fraction of sp³-hybridized carbons (Fsp3) is 0.350. The van der Waals surface area contributed by atoms with E-state index in [4.69, 9.17) is 23.2 Å². The first-order chi connectivity index (χ1) is 11.5. The van der Waals surface area contributed by atoms with Gasteiger partial charge in [-0.05, 0) is 49.4 Å². The average Bonchev–Trinajstić information content (AvgIpc) is 3.05. The zero-order valence-electron chi connectivity index (χ0n) is 13.8. The van der Waals surface area contributed by atoms with Gasteiger partial charge in [0, 0.05) is 13.0 Å². The minimum absolute atomic E-state index is 0.116. The van der Waals surface area contributed by atoms with E-state index in [2.05, 4.69) is 25.1 Å². The van der Waals surface area contributed by atoms with Crippen molar-refractivity contribution in [2.24, 2.45) is 0 Å². The highest BCUT2D eigenvalue weighted by atomic mass is 35.5. The number of rotatable bonds is 4. The Morgan fingerprint density at radius 1 is 1.17 bits per heavy atom. The maximum atomic E-state index is 12.7. The highest BCUT2D eigenvalue weighted by molar-refractivity contribution is 6.42. The summed E-state index contributed by atoms with van der Waals surface area (Å²) in [5.41, 5.74) is 3.52. The Bertz CT molecular complexity index is 744. The van der Waals surface area contributed by atoms with Gasteiger partial charge in [-0.25, -0.2) is 0 Å². The molecular formula is C20H21Cl2NO. The van der Waals surface area contributed by atoms with Crippen molar-refractivity contribution < 1.29 is 4.79 Å². The molecule has 0 N–H and O–H groups in total. The third-order valence-electron chi connectivity index (χ3n) is 4.61. The molecule has 0 aromatic heterocycles. The average molecular weight is 362 g/mol. The summed E-state index contributed by atoms with van der Waals surface area (Å²) in [4.78, 5) is 14.7. The molecule has 2 nitrogen and oxygen atoms in total. The molecule has 0 saturated carbocycles. The van der Waals surface area contributed by atoms with Gasteiger partial charge in [-0.15, -0.1) is 0 Å². The number of halogens is 2. The molecule has 1 amide bonds. The maximum absolute atomic E-state index is 12.7. The molecule has 3 rings (SSSR count). The van der Waals surface area contributed by atoms with Crippen LogP contribution in [0.1, 0.15) is 42.0 Å². The van der Waals surface area contributed by atoms with Gasteiger partial charge in [0.15, 0.2) is 0 Å². The lowest BCUT2D eigenvalue weighted by Crippen LogP contribution is -2.30. The molecule has 2 aromatic carbocycles. The van der Waals surface area contributed by atoms with E-state index in [1.54, 1.807) is 0 Å². The topological polar surface area (TPSA) is 20.3 Å². The molecule has 24 heavy (non-hydrogen) atoms. The fourth-order valence-electron chi connectivity index (χ4n) is 3.39. The summed E-state index contributed by atoms with van der Waals surface area (Å²) in [6, 6.07) is 14.1. The van der Waals surface area contributed by atoms with E-state index < -0.39 is 0 Å². The molecule has 1 heterocycles. The SMILES string of the molecule is Cc1cccc(CCC(=O)N2CCCC2c2ccc(Cl)c(Cl)c2)c1. The van der Waals surface area contributed by atoms with Crippen molar-refractivity contribution in [3.63, 3.8) is 0 Å². The summed E-state index contributed by atoms with van der Waals surface area (Å²) in [7, 11) is 0. The zero-order valence-corrected chi connectivity index (χ0v) is 15.3. The van der Waals surface area contributed by atoms with Gasteiger partial charge in [-0.3, -0.25) is 4.79 Å². The lowest BCUT2D eigenvalue weighted by molar-refractivity contribution is -0.132. The fourth-order valence-corrected chi connectivity index (χ4v) is 3.70. The lowest BCUT2D eigenvalue weighted by atomic mass is 10.0. The first-order valence-corrected chi connectivity index (χ1v) is 9.10. The first-order valence-electron chi connectivity index (χ1n) is 8.34. The second kappa shape index (κ2) is 7.58. The van der Waals surface area contributed by atoms with Crippen LogP contribution in [0, 0.1) is 6.92 Å². The first kappa shape index (κ1) is 17.3. The van der Waals surface area contributed by atoms with Crippen molar-refractivity contribution in [2.75, 3.05) is 6.54 Å². The number of hydrogen-bond donors (Lipinski definition) is 0. The van der Waals surface area contributed by atoms with Crippen LogP contribution in [-0.2, 0) is 11.2 Å². The Balaban J connectivity index is 1.68. The van der Waals surface area contributed by atoms with Crippen molar-refractivity contribution in [1.82, 2.24) is 4.90 Å². The Labute approximate surface area is 153 Å². The second-order valence-corrected chi connectivity index (χ2v) is 7.22. The third-order valence-corrected chi connectivity index (χ3v) is 5.35. The van der Waals surface area contributed by atoms with Gasteiger partial charge in [0.25, 0.3) is 0 Å².